The Kier molecular flexibility index (Phi) is 7.38. The second kappa shape index (κ2) is 9.58. The van der Waals surface area contributed by atoms with Crippen molar-refractivity contribution in [1.29, 1.82) is 0 Å². The zero-order valence-corrected chi connectivity index (χ0v) is 20.6. The zero-order valence-electron chi connectivity index (χ0n) is 17.5. The Morgan fingerprint density at radius 3 is 2.18 bits per heavy atom. The molecule has 0 aliphatic carbocycles. The first kappa shape index (κ1) is 25.4. The first-order valence-corrected chi connectivity index (χ1v) is 13.9. The third kappa shape index (κ3) is 5.84. The Morgan fingerprint density at radius 1 is 0.939 bits per heavy atom. The molecule has 3 aromatic rings. The summed E-state index contributed by atoms with van der Waals surface area (Å²) >= 11 is 5.87. The van der Waals surface area contributed by atoms with Gasteiger partial charge in [0.05, 0.1) is 22.4 Å². The van der Waals surface area contributed by atoms with E-state index in [0.717, 1.165) is 22.5 Å². The highest BCUT2D eigenvalue weighted by Crippen LogP contribution is 2.37. The van der Waals surface area contributed by atoms with Crippen molar-refractivity contribution in [1.82, 2.24) is 0 Å². The molecule has 0 fully saturated rings. The van der Waals surface area contributed by atoms with Crippen molar-refractivity contribution in [3.8, 4) is 0 Å². The Labute approximate surface area is 201 Å². The molecule has 0 aliphatic heterocycles. The largest absolute Gasteiger partial charge is 0.264 e. The van der Waals surface area contributed by atoms with E-state index < -0.39 is 48.2 Å². The van der Waals surface area contributed by atoms with Gasteiger partial charge in [0.15, 0.2) is 0 Å². The van der Waals surface area contributed by atoms with Crippen LogP contribution in [0.15, 0.2) is 65.6 Å². The SMILES string of the molecule is Cc1ccc(C(C)N(c2cc(F)ccc2F)S(=O)(=O)c2ccc(Cl)cc2)c(CS(=O)(=O)Cl)c1. The normalized spacial score (nSPS) is 13.0. The molecule has 0 bridgehead atoms. The van der Waals surface area contributed by atoms with Gasteiger partial charge in [-0.25, -0.2) is 25.6 Å². The van der Waals surface area contributed by atoms with Crippen LogP contribution in [0.3, 0.4) is 0 Å². The minimum absolute atomic E-state index is 0.207. The van der Waals surface area contributed by atoms with Crippen molar-refractivity contribution in [3.05, 3.63) is 94.0 Å². The number of benzene rings is 3. The predicted octanol–water partition coefficient (Wildman–Crippen LogP) is 5.95. The smallest absolute Gasteiger partial charge is 0.256 e. The van der Waals surface area contributed by atoms with Crippen LogP contribution in [0, 0.1) is 18.6 Å². The number of aryl methyl sites for hydroxylation is 1. The lowest BCUT2D eigenvalue weighted by molar-refractivity contribution is 0.570. The maximum atomic E-state index is 14.8. The summed E-state index contributed by atoms with van der Waals surface area (Å²) in [5.74, 6) is -2.39. The maximum absolute atomic E-state index is 14.8. The van der Waals surface area contributed by atoms with Gasteiger partial charge in [0.2, 0.25) is 9.05 Å². The fraction of sp³-hybridized carbons (Fsp3) is 0.182. The summed E-state index contributed by atoms with van der Waals surface area (Å²) in [6.07, 6.45) is 0. The summed E-state index contributed by atoms with van der Waals surface area (Å²) in [6.45, 7) is 3.18. The van der Waals surface area contributed by atoms with Crippen LogP contribution in [0.5, 0.6) is 0 Å². The monoisotopic (exact) mass is 533 g/mol. The fourth-order valence-electron chi connectivity index (χ4n) is 3.50. The number of hydrogen-bond donors (Lipinski definition) is 0. The van der Waals surface area contributed by atoms with E-state index in [1.807, 2.05) is 0 Å². The Balaban J connectivity index is 2.27. The lowest BCUT2D eigenvalue weighted by Crippen LogP contribution is -2.35. The molecule has 0 saturated carbocycles. The van der Waals surface area contributed by atoms with Crippen LogP contribution < -0.4 is 4.31 Å². The second-order valence-electron chi connectivity index (χ2n) is 7.41. The highest BCUT2D eigenvalue weighted by atomic mass is 35.7. The molecule has 11 heteroatoms. The Hall–Kier alpha value is -2.20. The number of halogens is 4. The molecule has 0 aliphatic rings. The topological polar surface area (TPSA) is 71.5 Å². The summed E-state index contributed by atoms with van der Waals surface area (Å²) in [4.78, 5) is -0.207. The van der Waals surface area contributed by atoms with Crippen LogP contribution in [-0.4, -0.2) is 16.8 Å². The molecule has 3 aromatic carbocycles. The first-order chi connectivity index (χ1) is 15.3. The molecule has 0 aromatic heterocycles. The lowest BCUT2D eigenvalue weighted by Gasteiger charge is -2.32. The molecule has 0 spiro atoms. The van der Waals surface area contributed by atoms with Gasteiger partial charge in [-0.05, 0) is 61.4 Å². The molecule has 0 amide bonds. The molecule has 0 N–H and O–H groups in total. The molecule has 5 nitrogen and oxygen atoms in total. The van der Waals surface area contributed by atoms with Crippen molar-refractivity contribution in [2.45, 2.75) is 30.5 Å². The van der Waals surface area contributed by atoms with Gasteiger partial charge in [0, 0.05) is 21.8 Å². The minimum atomic E-state index is -4.44. The number of sulfonamides is 1. The van der Waals surface area contributed by atoms with E-state index >= 15 is 0 Å². The van der Waals surface area contributed by atoms with Crippen LogP contribution in [0.25, 0.3) is 0 Å². The van der Waals surface area contributed by atoms with E-state index in [9.17, 15) is 25.6 Å². The van der Waals surface area contributed by atoms with Gasteiger partial charge in [-0.1, -0.05) is 35.4 Å². The molecule has 1 unspecified atom stereocenters. The molecule has 176 valence electrons. The third-order valence-corrected chi connectivity index (χ3v) is 8.08. The van der Waals surface area contributed by atoms with Gasteiger partial charge in [0.25, 0.3) is 10.0 Å². The molecular weight excluding hydrogens is 515 g/mol. The van der Waals surface area contributed by atoms with Gasteiger partial charge in [-0.3, -0.25) is 4.31 Å². The van der Waals surface area contributed by atoms with E-state index in [4.69, 9.17) is 22.3 Å². The van der Waals surface area contributed by atoms with Crippen LogP contribution in [0.1, 0.15) is 29.7 Å². The summed E-state index contributed by atoms with van der Waals surface area (Å²) in [5.41, 5.74) is 0.694. The summed E-state index contributed by atoms with van der Waals surface area (Å²) in [6, 6.07) is 11.3. The maximum Gasteiger partial charge on any atom is 0.264 e. The summed E-state index contributed by atoms with van der Waals surface area (Å²) in [7, 11) is -2.98. The lowest BCUT2D eigenvalue weighted by atomic mass is 10.00. The fourth-order valence-corrected chi connectivity index (χ4v) is 6.24. The van der Waals surface area contributed by atoms with Crippen LogP contribution >= 0.6 is 22.3 Å². The Bertz CT molecular complexity index is 1400. The third-order valence-electron chi connectivity index (χ3n) is 4.94. The molecule has 1 atom stereocenters. The number of nitrogens with zero attached hydrogens (tertiary/aromatic N) is 1. The van der Waals surface area contributed by atoms with Crippen LogP contribution in [-0.2, 0) is 24.8 Å². The summed E-state index contributed by atoms with van der Waals surface area (Å²) < 4.78 is 80.5. The van der Waals surface area contributed by atoms with Gasteiger partial charge < -0.3 is 0 Å². The van der Waals surface area contributed by atoms with Gasteiger partial charge in [-0.15, -0.1) is 0 Å². The number of rotatable bonds is 7. The standard InChI is InChI=1S/C22H19Cl2F2NO4S2/c1-14-3-9-20(16(11-14)13-32(24,28)29)15(2)27(22-12-18(25)6-10-21(22)26)33(30,31)19-7-4-17(23)5-8-19/h3-12,15H,13H2,1-2H3. The van der Waals surface area contributed by atoms with E-state index in [2.05, 4.69) is 0 Å². The highest BCUT2D eigenvalue weighted by molar-refractivity contribution is 8.13. The van der Waals surface area contributed by atoms with E-state index in [-0.39, 0.29) is 16.0 Å². The second-order valence-corrected chi connectivity index (χ2v) is 12.4. The molecular formula is C22H19Cl2F2NO4S2. The highest BCUT2D eigenvalue weighted by Gasteiger charge is 2.34. The van der Waals surface area contributed by atoms with Crippen molar-refractivity contribution < 1.29 is 25.6 Å². The molecule has 33 heavy (non-hydrogen) atoms. The van der Waals surface area contributed by atoms with Crippen molar-refractivity contribution in [3.63, 3.8) is 0 Å². The Morgan fingerprint density at radius 2 is 1.58 bits per heavy atom. The van der Waals surface area contributed by atoms with E-state index in [1.165, 1.54) is 31.2 Å². The van der Waals surface area contributed by atoms with Crippen LogP contribution in [0.2, 0.25) is 5.02 Å². The zero-order chi connectivity index (χ0) is 24.6. The quantitative estimate of drug-likeness (QED) is 0.351. The van der Waals surface area contributed by atoms with Gasteiger partial charge in [-0.2, -0.15) is 0 Å². The summed E-state index contributed by atoms with van der Waals surface area (Å²) in [5, 5.41) is 0.290. The van der Waals surface area contributed by atoms with Crippen LogP contribution in [0.4, 0.5) is 14.5 Å². The molecule has 0 radical (unpaired) electrons. The van der Waals surface area contributed by atoms with E-state index in [1.54, 1.807) is 25.1 Å². The van der Waals surface area contributed by atoms with Crippen molar-refractivity contribution in [2.24, 2.45) is 0 Å². The average Bonchev–Trinajstić information content (AvgIpc) is 2.69. The number of anilines is 1. The molecule has 0 heterocycles. The van der Waals surface area contributed by atoms with Crippen molar-refractivity contribution in [2.75, 3.05) is 4.31 Å². The molecule has 3 rings (SSSR count). The average molecular weight is 534 g/mol. The first-order valence-electron chi connectivity index (χ1n) is 9.56. The van der Waals surface area contributed by atoms with Gasteiger partial charge >= 0.3 is 0 Å². The molecule has 0 saturated heterocycles. The van der Waals surface area contributed by atoms with E-state index in [0.29, 0.717) is 10.6 Å². The minimum Gasteiger partial charge on any atom is -0.256 e. The number of hydrogen-bond acceptors (Lipinski definition) is 4. The van der Waals surface area contributed by atoms with Gasteiger partial charge in [0.1, 0.15) is 11.6 Å². The van der Waals surface area contributed by atoms with Crippen molar-refractivity contribution >= 4 is 47.0 Å². The predicted molar refractivity (Wildman–Crippen MR) is 126 cm³/mol.